The van der Waals surface area contributed by atoms with Crippen LogP contribution >= 0.6 is 23.2 Å². The molecule has 1 fully saturated rings. The van der Waals surface area contributed by atoms with Crippen LogP contribution in [0.4, 0.5) is 0 Å². The fourth-order valence-corrected chi connectivity index (χ4v) is 6.22. The molecule has 3 aromatic carbocycles. The lowest BCUT2D eigenvalue weighted by Gasteiger charge is -2.31. The number of fused-ring (bicyclic) bond motifs is 1. The highest BCUT2D eigenvalue weighted by Gasteiger charge is 2.34. The van der Waals surface area contributed by atoms with Crippen LogP contribution in [-0.4, -0.2) is 31.7 Å². The Kier molecular flexibility index (Phi) is 6.53. The van der Waals surface area contributed by atoms with Gasteiger partial charge >= 0.3 is 0 Å². The molecule has 5 nitrogen and oxygen atoms in total. The molecule has 0 unspecified atom stereocenters. The summed E-state index contributed by atoms with van der Waals surface area (Å²) in [6.07, 6.45) is 1.24. The summed E-state index contributed by atoms with van der Waals surface area (Å²) in [6.45, 7) is 0.856. The summed E-state index contributed by atoms with van der Waals surface area (Å²) >= 11 is 12.1. The molecule has 4 rings (SSSR count). The van der Waals surface area contributed by atoms with Crippen molar-refractivity contribution in [2.45, 2.75) is 24.3 Å². The lowest BCUT2D eigenvalue weighted by Crippen LogP contribution is -2.45. The molecular weight excluding hydrogens is 455 g/mol. The second kappa shape index (κ2) is 9.17. The average molecular weight is 477 g/mol. The van der Waals surface area contributed by atoms with Crippen LogP contribution in [-0.2, 0) is 21.4 Å². The second-order valence-electron chi connectivity index (χ2n) is 7.63. The lowest BCUT2D eigenvalue weighted by atomic mass is 9.98. The molecular formula is C23H22Cl2N2O3S. The molecule has 1 saturated heterocycles. The summed E-state index contributed by atoms with van der Waals surface area (Å²) in [5.41, 5.74) is 1.03. The van der Waals surface area contributed by atoms with Crippen molar-refractivity contribution in [3.8, 4) is 0 Å². The minimum atomic E-state index is -3.84. The van der Waals surface area contributed by atoms with Crippen molar-refractivity contribution in [3.63, 3.8) is 0 Å². The van der Waals surface area contributed by atoms with Crippen molar-refractivity contribution < 1.29 is 13.2 Å². The number of nitrogens with zero attached hydrogens (tertiary/aromatic N) is 1. The number of rotatable bonds is 5. The van der Waals surface area contributed by atoms with Crippen LogP contribution in [0.25, 0.3) is 10.8 Å². The molecule has 0 aromatic heterocycles. The highest BCUT2D eigenvalue weighted by Crippen LogP contribution is 2.30. The van der Waals surface area contributed by atoms with Gasteiger partial charge in [-0.25, -0.2) is 8.42 Å². The molecule has 1 atom stereocenters. The van der Waals surface area contributed by atoms with Crippen molar-refractivity contribution in [1.82, 2.24) is 9.62 Å². The summed E-state index contributed by atoms with van der Waals surface area (Å²) < 4.78 is 27.5. The smallest absolute Gasteiger partial charge is 0.244 e. The summed E-state index contributed by atoms with van der Waals surface area (Å²) in [6, 6.07) is 18.4. The van der Waals surface area contributed by atoms with Crippen LogP contribution in [0, 0.1) is 5.92 Å². The predicted octanol–water partition coefficient (Wildman–Crippen LogP) is 4.86. The molecule has 1 heterocycles. The van der Waals surface area contributed by atoms with E-state index >= 15 is 0 Å². The van der Waals surface area contributed by atoms with Gasteiger partial charge in [0.1, 0.15) is 4.90 Å². The van der Waals surface area contributed by atoms with Crippen LogP contribution < -0.4 is 5.32 Å². The molecule has 31 heavy (non-hydrogen) atoms. The number of carbonyl (C=O) groups is 1. The Balaban J connectivity index is 1.47. The Hall–Kier alpha value is -2.12. The number of carbonyl (C=O) groups excluding carboxylic acids is 1. The van der Waals surface area contributed by atoms with E-state index in [0.717, 1.165) is 16.3 Å². The van der Waals surface area contributed by atoms with E-state index in [0.29, 0.717) is 31.0 Å². The normalized spacial score (nSPS) is 17.5. The maximum Gasteiger partial charge on any atom is 0.244 e. The topological polar surface area (TPSA) is 66.5 Å². The number of amides is 1. The molecule has 0 saturated carbocycles. The van der Waals surface area contributed by atoms with Crippen LogP contribution in [0.3, 0.4) is 0 Å². The van der Waals surface area contributed by atoms with Crippen LogP contribution in [0.2, 0.25) is 10.0 Å². The summed E-state index contributed by atoms with van der Waals surface area (Å²) in [4.78, 5) is 12.8. The van der Waals surface area contributed by atoms with Crippen molar-refractivity contribution in [2.75, 3.05) is 13.1 Å². The molecule has 3 aromatic rings. The largest absolute Gasteiger partial charge is 0.352 e. The molecule has 0 spiro atoms. The van der Waals surface area contributed by atoms with Gasteiger partial charge in [0.2, 0.25) is 15.9 Å². The summed E-state index contributed by atoms with van der Waals surface area (Å²) in [5.74, 6) is -0.568. The molecule has 0 bridgehead atoms. The molecule has 1 amide bonds. The van der Waals surface area contributed by atoms with E-state index in [9.17, 15) is 13.2 Å². The third-order valence-electron chi connectivity index (χ3n) is 5.60. The third-order valence-corrected chi connectivity index (χ3v) is 8.18. The quantitative estimate of drug-likeness (QED) is 0.571. The fraction of sp³-hybridized carbons (Fsp3) is 0.261. The van der Waals surface area contributed by atoms with E-state index in [1.165, 1.54) is 16.4 Å². The van der Waals surface area contributed by atoms with E-state index in [-0.39, 0.29) is 22.4 Å². The van der Waals surface area contributed by atoms with Gasteiger partial charge in [0, 0.05) is 24.7 Å². The van der Waals surface area contributed by atoms with Gasteiger partial charge in [-0.2, -0.15) is 4.31 Å². The number of nitrogens with one attached hydrogen (secondary N) is 1. The second-order valence-corrected chi connectivity index (χ2v) is 10.4. The zero-order valence-corrected chi connectivity index (χ0v) is 19.1. The number of hydrogen-bond donors (Lipinski definition) is 1. The van der Waals surface area contributed by atoms with Gasteiger partial charge in [0.05, 0.1) is 10.9 Å². The monoisotopic (exact) mass is 476 g/mol. The Bertz CT molecular complexity index is 1230. The summed E-state index contributed by atoms with van der Waals surface area (Å²) in [7, 11) is -3.84. The van der Waals surface area contributed by atoms with Crippen molar-refractivity contribution >= 4 is 49.9 Å². The third kappa shape index (κ3) is 4.72. The first-order chi connectivity index (χ1) is 14.9. The number of hydrogen-bond acceptors (Lipinski definition) is 3. The maximum absolute atomic E-state index is 13.1. The molecule has 0 aliphatic carbocycles. The zero-order chi connectivity index (χ0) is 22.0. The van der Waals surface area contributed by atoms with Gasteiger partial charge in [-0.3, -0.25) is 4.79 Å². The standard InChI is InChI=1S/C23H22Cl2N2O3S/c24-19-10-11-21(25)22(13-19)31(29,30)27-12-4-8-18(15-27)23(28)26-14-17-7-3-6-16-5-1-2-9-20(16)17/h1-3,5-7,9-11,13,18H,4,8,12,14-15H2,(H,26,28)/t18-/m0/s1. The van der Waals surface area contributed by atoms with Gasteiger partial charge in [-0.15, -0.1) is 0 Å². The molecule has 0 radical (unpaired) electrons. The van der Waals surface area contributed by atoms with Gasteiger partial charge in [0.15, 0.2) is 0 Å². The Labute approximate surface area is 192 Å². The molecule has 1 aliphatic heterocycles. The molecule has 162 valence electrons. The highest BCUT2D eigenvalue weighted by atomic mass is 35.5. The maximum atomic E-state index is 13.1. The van der Waals surface area contributed by atoms with E-state index in [4.69, 9.17) is 23.2 Å². The first kappa shape index (κ1) is 22.1. The van der Waals surface area contributed by atoms with Crippen molar-refractivity contribution in [1.29, 1.82) is 0 Å². The minimum Gasteiger partial charge on any atom is -0.352 e. The van der Waals surface area contributed by atoms with E-state index in [2.05, 4.69) is 5.32 Å². The molecule has 1 N–H and O–H groups in total. The van der Waals surface area contributed by atoms with Crippen LogP contribution in [0.5, 0.6) is 0 Å². The van der Waals surface area contributed by atoms with Gasteiger partial charge in [0.25, 0.3) is 0 Å². The van der Waals surface area contributed by atoms with Gasteiger partial charge < -0.3 is 5.32 Å². The SMILES string of the molecule is O=C(NCc1cccc2ccccc12)[C@H]1CCCN(S(=O)(=O)c2cc(Cl)ccc2Cl)C1. The Morgan fingerprint density at radius 3 is 2.68 bits per heavy atom. The minimum absolute atomic E-state index is 0.0292. The van der Waals surface area contributed by atoms with E-state index < -0.39 is 15.9 Å². The number of sulfonamides is 1. The van der Waals surface area contributed by atoms with Crippen LogP contribution in [0.1, 0.15) is 18.4 Å². The molecule has 1 aliphatic rings. The Morgan fingerprint density at radius 2 is 1.84 bits per heavy atom. The fourth-order valence-electron chi connectivity index (χ4n) is 3.96. The first-order valence-corrected chi connectivity index (χ1v) is 12.3. The Morgan fingerprint density at radius 1 is 1.06 bits per heavy atom. The first-order valence-electron chi connectivity index (χ1n) is 10.1. The predicted molar refractivity (Wildman–Crippen MR) is 124 cm³/mol. The highest BCUT2D eigenvalue weighted by molar-refractivity contribution is 7.89. The van der Waals surface area contributed by atoms with E-state index in [1.807, 2.05) is 42.5 Å². The van der Waals surface area contributed by atoms with Crippen molar-refractivity contribution in [2.24, 2.45) is 5.92 Å². The zero-order valence-electron chi connectivity index (χ0n) is 16.7. The number of benzene rings is 3. The number of piperidine rings is 1. The van der Waals surface area contributed by atoms with Crippen molar-refractivity contribution in [3.05, 3.63) is 76.3 Å². The van der Waals surface area contributed by atoms with Crippen LogP contribution in [0.15, 0.2) is 65.6 Å². The van der Waals surface area contributed by atoms with Gasteiger partial charge in [-0.1, -0.05) is 65.7 Å². The number of halogens is 2. The average Bonchev–Trinajstić information content (AvgIpc) is 2.79. The lowest BCUT2D eigenvalue weighted by molar-refractivity contribution is -0.126. The van der Waals surface area contributed by atoms with E-state index in [1.54, 1.807) is 6.07 Å². The molecule has 8 heteroatoms. The van der Waals surface area contributed by atoms with Gasteiger partial charge in [-0.05, 0) is 47.4 Å². The summed E-state index contributed by atoms with van der Waals surface area (Å²) in [5, 5.41) is 5.60.